The monoisotopic (exact) mass is 386 g/mol. The molecule has 7 nitrogen and oxygen atoms in total. The van der Waals surface area contributed by atoms with Crippen molar-refractivity contribution in [1.82, 2.24) is 15.3 Å². The fourth-order valence-corrected chi connectivity index (χ4v) is 4.21. The van der Waals surface area contributed by atoms with Gasteiger partial charge in [0.05, 0.1) is 28.7 Å². The van der Waals surface area contributed by atoms with Crippen LogP contribution in [0.4, 0.5) is 5.95 Å². The Kier molecular flexibility index (Phi) is 5.18. The molecule has 4 rings (SSSR count). The summed E-state index contributed by atoms with van der Waals surface area (Å²) >= 11 is 1.25. The van der Waals surface area contributed by atoms with Crippen molar-refractivity contribution in [2.75, 3.05) is 24.6 Å². The van der Waals surface area contributed by atoms with E-state index in [4.69, 9.17) is 9.72 Å². The topological polar surface area (TPSA) is 84.4 Å². The number of nitrogens with one attached hydrogen (secondary N) is 1. The van der Waals surface area contributed by atoms with E-state index in [-0.39, 0.29) is 17.7 Å². The first kappa shape index (κ1) is 18.1. The fourth-order valence-electron chi connectivity index (χ4n) is 3.40. The van der Waals surface area contributed by atoms with Gasteiger partial charge in [-0.25, -0.2) is 9.97 Å². The molecule has 0 radical (unpaired) electrons. The molecule has 0 aromatic carbocycles. The highest BCUT2D eigenvalue weighted by molar-refractivity contribution is 7.15. The van der Waals surface area contributed by atoms with Crippen molar-refractivity contribution < 1.29 is 14.3 Å². The highest BCUT2D eigenvalue weighted by atomic mass is 32.1. The van der Waals surface area contributed by atoms with E-state index >= 15 is 0 Å². The molecule has 1 saturated heterocycles. The lowest BCUT2D eigenvalue weighted by Crippen LogP contribution is -2.45. The van der Waals surface area contributed by atoms with Gasteiger partial charge in [0.1, 0.15) is 0 Å². The molecule has 0 saturated carbocycles. The average molecular weight is 386 g/mol. The fraction of sp³-hybridized carbons (Fsp3) is 0.474. The van der Waals surface area contributed by atoms with Crippen LogP contribution in [0.3, 0.4) is 0 Å². The second-order valence-electron chi connectivity index (χ2n) is 6.90. The van der Waals surface area contributed by atoms with Gasteiger partial charge in [0.25, 0.3) is 5.91 Å². The number of hydrogen-bond acceptors (Lipinski definition) is 7. The number of ketones is 1. The summed E-state index contributed by atoms with van der Waals surface area (Å²) in [7, 11) is 0. The number of ether oxygens (including phenoxy) is 1. The number of aromatic nitrogens is 2. The Balaban J connectivity index is 1.33. The molecule has 2 aromatic rings. The van der Waals surface area contributed by atoms with E-state index in [1.54, 1.807) is 12.1 Å². The lowest BCUT2D eigenvalue weighted by molar-refractivity contribution is 0.0934. The summed E-state index contributed by atoms with van der Waals surface area (Å²) in [6.07, 6.45) is 4.40. The van der Waals surface area contributed by atoms with E-state index in [1.165, 1.54) is 18.3 Å². The van der Waals surface area contributed by atoms with Crippen LogP contribution >= 0.6 is 11.3 Å². The molecular formula is C19H22N4O3S. The number of fused-ring (bicyclic) bond motifs is 1. The predicted molar refractivity (Wildman–Crippen MR) is 102 cm³/mol. The van der Waals surface area contributed by atoms with Gasteiger partial charge in [-0.15, -0.1) is 11.3 Å². The van der Waals surface area contributed by atoms with E-state index in [9.17, 15) is 9.59 Å². The number of hydrogen-bond donors (Lipinski definition) is 1. The number of nitrogens with zero attached hydrogens (tertiary/aromatic N) is 3. The number of thiophene rings is 1. The summed E-state index contributed by atoms with van der Waals surface area (Å²) in [6.45, 7) is 4.44. The highest BCUT2D eigenvalue weighted by Gasteiger charge is 2.24. The summed E-state index contributed by atoms with van der Waals surface area (Å²) in [5.41, 5.74) is 2.16. The Morgan fingerprint density at radius 3 is 2.78 bits per heavy atom. The maximum absolute atomic E-state index is 12.4. The lowest BCUT2D eigenvalue weighted by Gasteiger charge is -2.32. The molecule has 8 heteroatoms. The van der Waals surface area contributed by atoms with Gasteiger partial charge in [0, 0.05) is 37.3 Å². The SMILES string of the molecule is CC(=O)c1ccc(C(=O)NC2CCN(c3ncc4c(n3)CCOC4)CC2)s1. The Hall–Kier alpha value is -2.32. The summed E-state index contributed by atoms with van der Waals surface area (Å²) in [6, 6.07) is 3.56. The molecule has 0 atom stereocenters. The van der Waals surface area contributed by atoms with Crippen LogP contribution in [-0.4, -0.2) is 47.4 Å². The van der Waals surface area contributed by atoms with Crippen LogP contribution in [-0.2, 0) is 17.8 Å². The minimum absolute atomic E-state index is 0.0102. The van der Waals surface area contributed by atoms with Gasteiger partial charge in [-0.1, -0.05) is 0 Å². The molecule has 4 heterocycles. The third-order valence-corrected chi connectivity index (χ3v) is 6.16. The van der Waals surface area contributed by atoms with Gasteiger partial charge in [0.15, 0.2) is 5.78 Å². The molecule has 2 aliphatic rings. The standard InChI is InChI=1S/C19H22N4O3S/c1-12(24)16-2-3-17(27-16)18(25)21-14-4-7-23(8-5-14)19-20-10-13-11-26-9-6-15(13)22-19/h2-3,10,14H,4-9,11H2,1H3,(H,21,25). The lowest BCUT2D eigenvalue weighted by atomic mass is 10.1. The predicted octanol–water partition coefficient (Wildman–Crippen LogP) is 2.21. The van der Waals surface area contributed by atoms with Gasteiger partial charge in [-0.2, -0.15) is 0 Å². The highest BCUT2D eigenvalue weighted by Crippen LogP contribution is 2.21. The maximum atomic E-state index is 12.4. The van der Waals surface area contributed by atoms with Crippen molar-refractivity contribution in [2.45, 2.75) is 38.8 Å². The number of amides is 1. The Morgan fingerprint density at radius 2 is 2.04 bits per heavy atom. The largest absolute Gasteiger partial charge is 0.376 e. The molecule has 0 spiro atoms. The van der Waals surface area contributed by atoms with Gasteiger partial charge in [-0.05, 0) is 31.9 Å². The van der Waals surface area contributed by atoms with Crippen molar-refractivity contribution in [3.8, 4) is 0 Å². The number of piperidine rings is 1. The average Bonchev–Trinajstić information content (AvgIpc) is 3.19. The number of carbonyl (C=O) groups is 2. The summed E-state index contributed by atoms with van der Waals surface area (Å²) in [5, 5.41) is 3.09. The van der Waals surface area contributed by atoms with Crippen LogP contribution in [0.2, 0.25) is 0 Å². The number of anilines is 1. The molecule has 142 valence electrons. The molecule has 1 fully saturated rings. The minimum atomic E-state index is -0.101. The van der Waals surface area contributed by atoms with Crippen molar-refractivity contribution in [1.29, 1.82) is 0 Å². The van der Waals surface area contributed by atoms with E-state index in [0.717, 1.165) is 49.6 Å². The minimum Gasteiger partial charge on any atom is -0.376 e. The molecule has 2 aliphatic heterocycles. The Bertz CT molecular complexity index is 858. The Labute approximate surface area is 161 Å². The van der Waals surface area contributed by atoms with E-state index < -0.39 is 0 Å². The zero-order valence-electron chi connectivity index (χ0n) is 15.2. The summed E-state index contributed by atoms with van der Waals surface area (Å²) in [5.74, 6) is 0.657. The van der Waals surface area contributed by atoms with Crippen LogP contribution < -0.4 is 10.2 Å². The van der Waals surface area contributed by atoms with E-state index in [2.05, 4.69) is 15.2 Å². The summed E-state index contributed by atoms with van der Waals surface area (Å²) in [4.78, 5) is 36.4. The van der Waals surface area contributed by atoms with Gasteiger partial charge >= 0.3 is 0 Å². The van der Waals surface area contributed by atoms with Crippen LogP contribution in [0, 0.1) is 0 Å². The van der Waals surface area contributed by atoms with E-state index in [1.807, 2.05) is 6.20 Å². The zero-order valence-corrected chi connectivity index (χ0v) is 16.1. The van der Waals surface area contributed by atoms with Gasteiger partial charge in [0.2, 0.25) is 5.95 Å². The normalized spacial score (nSPS) is 17.4. The Morgan fingerprint density at radius 1 is 1.26 bits per heavy atom. The third-order valence-electron chi connectivity index (χ3n) is 4.97. The van der Waals surface area contributed by atoms with Crippen molar-refractivity contribution in [2.24, 2.45) is 0 Å². The van der Waals surface area contributed by atoms with Crippen LogP contribution in [0.25, 0.3) is 0 Å². The van der Waals surface area contributed by atoms with Crippen molar-refractivity contribution in [3.63, 3.8) is 0 Å². The van der Waals surface area contributed by atoms with Crippen LogP contribution in [0.1, 0.15) is 50.4 Å². The molecule has 0 unspecified atom stereocenters. The molecule has 0 bridgehead atoms. The third kappa shape index (κ3) is 4.01. The number of Topliss-reactive ketones (excluding diaryl/α,β-unsaturated/α-hetero) is 1. The van der Waals surface area contributed by atoms with Crippen molar-refractivity contribution >= 4 is 29.0 Å². The second kappa shape index (κ2) is 7.74. The van der Waals surface area contributed by atoms with Crippen molar-refractivity contribution in [3.05, 3.63) is 39.3 Å². The molecule has 27 heavy (non-hydrogen) atoms. The molecule has 0 aliphatic carbocycles. The smallest absolute Gasteiger partial charge is 0.261 e. The molecule has 1 amide bonds. The van der Waals surface area contributed by atoms with Gasteiger partial charge in [-0.3, -0.25) is 9.59 Å². The molecular weight excluding hydrogens is 364 g/mol. The zero-order chi connectivity index (χ0) is 18.8. The molecule has 1 N–H and O–H groups in total. The first-order valence-corrected chi connectivity index (χ1v) is 10.0. The number of carbonyl (C=O) groups excluding carboxylic acids is 2. The first-order valence-electron chi connectivity index (χ1n) is 9.19. The first-order chi connectivity index (χ1) is 13.1. The number of rotatable bonds is 4. The van der Waals surface area contributed by atoms with Crippen LogP contribution in [0.5, 0.6) is 0 Å². The summed E-state index contributed by atoms with van der Waals surface area (Å²) < 4.78 is 5.43. The maximum Gasteiger partial charge on any atom is 0.261 e. The second-order valence-corrected chi connectivity index (χ2v) is 7.98. The van der Waals surface area contributed by atoms with E-state index in [0.29, 0.717) is 23.0 Å². The van der Waals surface area contributed by atoms with Crippen LogP contribution in [0.15, 0.2) is 18.3 Å². The molecule has 2 aromatic heterocycles. The van der Waals surface area contributed by atoms with Gasteiger partial charge < -0.3 is 15.0 Å². The quantitative estimate of drug-likeness (QED) is 0.811.